The van der Waals surface area contributed by atoms with Crippen LogP contribution < -0.4 is 10.1 Å². The van der Waals surface area contributed by atoms with Gasteiger partial charge in [-0.1, -0.05) is 36.4 Å². The summed E-state index contributed by atoms with van der Waals surface area (Å²) < 4.78 is 11.5. The highest BCUT2D eigenvalue weighted by Crippen LogP contribution is 2.22. The van der Waals surface area contributed by atoms with E-state index >= 15 is 0 Å². The molecule has 20 heavy (non-hydrogen) atoms. The van der Waals surface area contributed by atoms with Crippen LogP contribution in [0.2, 0.25) is 0 Å². The normalized spacial score (nSPS) is 17.1. The Labute approximate surface area is 119 Å². The lowest BCUT2D eigenvalue weighted by Crippen LogP contribution is -2.31. The van der Waals surface area contributed by atoms with Gasteiger partial charge in [0.25, 0.3) is 0 Å². The molecule has 1 N–H and O–H groups in total. The van der Waals surface area contributed by atoms with Gasteiger partial charge in [-0.25, -0.2) is 0 Å². The molecule has 104 valence electrons. The van der Waals surface area contributed by atoms with Crippen LogP contribution in [-0.2, 0) is 11.2 Å². The molecule has 0 aliphatic carbocycles. The predicted octanol–water partition coefficient (Wildman–Crippen LogP) is 3.12. The quantitative estimate of drug-likeness (QED) is 0.846. The van der Waals surface area contributed by atoms with E-state index in [0.29, 0.717) is 13.2 Å². The van der Waals surface area contributed by atoms with E-state index in [9.17, 15) is 0 Å². The molecule has 1 heterocycles. The first-order valence-electron chi connectivity index (χ1n) is 7.03. The number of para-hydroxylation sites is 2. The fraction of sp³-hybridized carbons (Fsp3) is 0.294. The van der Waals surface area contributed by atoms with E-state index in [2.05, 4.69) is 29.6 Å². The van der Waals surface area contributed by atoms with Crippen LogP contribution in [0, 0.1) is 0 Å². The summed E-state index contributed by atoms with van der Waals surface area (Å²) in [5.74, 6) is 0.892. The molecule has 3 rings (SSSR count). The van der Waals surface area contributed by atoms with Gasteiger partial charge in [0.1, 0.15) is 12.4 Å². The number of nitrogens with one attached hydrogen (secondary N) is 1. The van der Waals surface area contributed by atoms with Gasteiger partial charge in [-0.15, -0.1) is 0 Å². The molecule has 3 heteroatoms. The topological polar surface area (TPSA) is 30.5 Å². The zero-order chi connectivity index (χ0) is 13.6. The highest BCUT2D eigenvalue weighted by molar-refractivity contribution is 5.53. The summed E-state index contributed by atoms with van der Waals surface area (Å²) in [6.07, 6.45) is 1.19. The van der Waals surface area contributed by atoms with Crippen molar-refractivity contribution in [3.05, 3.63) is 60.2 Å². The Morgan fingerprint density at radius 2 is 1.75 bits per heavy atom. The predicted molar refractivity (Wildman–Crippen MR) is 80.3 cm³/mol. The van der Waals surface area contributed by atoms with Crippen molar-refractivity contribution in [2.24, 2.45) is 0 Å². The lowest BCUT2D eigenvalue weighted by Gasteiger charge is -2.26. The van der Waals surface area contributed by atoms with Crippen LogP contribution >= 0.6 is 0 Å². The minimum Gasteiger partial charge on any atom is -0.491 e. The van der Waals surface area contributed by atoms with Gasteiger partial charge in [0.15, 0.2) is 0 Å². The van der Waals surface area contributed by atoms with Crippen molar-refractivity contribution in [2.75, 3.05) is 25.1 Å². The third-order valence-electron chi connectivity index (χ3n) is 3.43. The highest BCUT2D eigenvalue weighted by Gasteiger charge is 2.17. The maximum Gasteiger partial charge on any atom is 0.119 e. The van der Waals surface area contributed by atoms with E-state index in [-0.39, 0.29) is 6.10 Å². The number of hydrogen-bond donors (Lipinski definition) is 1. The van der Waals surface area contributed by atoms with Crippen LogP contribution in [0.1, 0.15) is 5.56 Å². The van der Waals surface area contributed by atoms with E-state index in [1.807, 2.05) is 30.3 Å². The van der Waals surface area contributed by atoms with Gasteiger partial charge in [-0.2, -0.15) is 0 Å². The zero-order valence-corrected chi connectivity index (χ0v) is 11.4. The second-order valence-electron chi connectivity index (χ2n) is 4.90. The van der Waals surface area contributed by atoms with E-state index in [0.717, 1.165) is 18.7 Å². The zero-order valence-electron chi connectivity index (χ0n) is 11.4. The summed E-state index contributed by atoms with van der Waals surface area (Å²) in [7, 11) is 0. The van der Waals surface area contributed by atoms with E-state index in [1.165, 1.54) is 11.3 Å². The average molecular weight is 269 g/mol. The SMILES string of the molecule is c1ccc(OCCOC2CNc3ccccc3C2)cc1. The van der Waals surface area contributed by atoms with Gasteiger partial charge < -0.3 is 14.8 Å². The molecule has 1 aliphatic heterocycles. The average Bonchev–Trinajstić information content (AvgIpc) is 2.52. The lowest BCUT2D eigenvalue weighted by atomic mass is 10.0. The molecule has 0 fully saturated rings. The summed E-state index contributed by atoms with van der Waals surface area (Å²) in [5.41, 5.74) is 2.56. The molecule has 0 saturated heterocycles. The first-order valence-corrected chi connectivity index (χ1v) is 7.03. The van der Waals surface area contributed by atoms with Gasteiger partial charge in [0.05, 0.1) is 12.7 Å². The van der Waals surface area contributed by atoms with Crippen LogP contribution in [0.5, 0.6) is 5.75 Å². The van der Waals surface area contributed by atoms with Crippen molar-refractivity contribution >= 4 is 5.69 Å². The van der Waals surface area contributed by atoms with Gasteiger partial charge >= 0.3 is 0 Å². The monoisotopic (exact) mass is 269 g/mol. The van der Waals surface area contributed by atoms with Crippen molar-refractivity contribution in [3.8, 4) is 5.75 Å². The molecule has 2 aromatic rings. The second-order valence-corrected chi connectivity index (χ2v) is 4.90. The fourth-order valence-corrected chi connectivity index (χ4v) is 2.42. The maximum atomic E-state index is 5.87. The van der Waals surface area contributed by atoms with Crippen LogP contribution in [-0.4, -0.2) is 25.9 Å². The molecule has 2 aromatic carbocycles. The van der Waals surface area contributed by atoms with Crippen molar-refractivity contribution in [1.29, 1.82) is 0 Å². The van der Waals surface area contributed by atoms with Crippen LogP contribution in [0.3, 0.4) is 0 Å². The molecule has 0 bridgehead atoms. The molecule has 1 unspecified atom stereocenters. The van der Waals surface area contributed by atoms with Gasteiger partial charge in [-0.05, 0) is 23.8 Å². The van der Waals surface area contributed by atoms with Crippen LogP contribution in [0.15, 0.2) is 54.6 Å². The Kier molecular flexibility index (Phi) is 4.19. The van der Waals surface area contributed by atoms with E-state index in [4.69, 9.17) is 9.47 Å². The van der Waals surface area contributed by atoms with E-state index in [1.54, 1.807) is 0 Å². The minimum atomic E-state index is 0.226. The molecule has 0 radical (unpaired) electrons. The van der Waals surface area contributed by atoms with Crippen molar-refractivity contribution in [3.63, 3.8) is 0 Å². The maximum absolute atomic E-state index is 5.87. The first kappa shape index (κ1) is 13.0. The summed E-state index contributed by atoms with van der Waals surface area (Å²) in [6.45, 7) is 2.06. The summed E-state index contributed by atoms with van der Waals surface area (Å²) >= 11 is 0. The molecule has 1 aliphatic rings. The Bertz CT molecular complexity index is 542. The fourth-order valence-electron chi connectivity index (χ4n) is 2.42. The first-order chi connectivity index (χ1) is 9.92. The molecule has 0 spiro atoms. The number of benzene rings is 2. The number of hydrogen-bond acceptors (Lipinski definition) is 3. The van der Waals surface area contributed by atoms with Crippen LogP contribution in [0.4, 0.5) is 5.69 Å². The van der Waals surface area contributed by atoms with Gasteiger partial charge in [0, 0.05) is 18.7 Å². The minimum absolute atomic E-state index is 0.226. The number of anilines is 1. The Balaban J connectivity index is 1.42. The Morgan fingerprint density at radius 3 is 2.65 bits per heavy atom. The number of fused-ring (bicyclic) bond motifs is 1. The van der Waals surface area contributed by atoms with Crippen molar-refractivity contribution in [2.45, 2.75) is 12.5 Å². The van der Waals surface area contributed by atoms with Crippen molar-refractivity contribution in [1.82, 2.24) is 0 Å². The molecule has 0 aromatic heterocycles. The van der Waals surface area contributed by atoms with E-state index < -0.39 is 0 Å². The summed E-state index contributed by atoms with van der Waals surface area (Å²) in [6, 6.07) is 18.2. The third-order valence-corrected chi connectivity index (χ3v) is 3.43. The molecule has 1 atom stereocenters. The lowest BCUT2D eigenvalue weighted by molar-refractivity contribution is 0.0399. The third kappa shape index (κ3) is 3.31. The number of ether oxygens (including phenoxy) is 2. The van der Waals surface area contributed by atoms with Crippen molar-refractivity contribution < 1.29 is 9.47 Å². The largest absolute Gasteiger partial charge is 0.491 e. The highest BCUT2D eigenvalue weighted by atomic mass is 16.5. The standard InChI is InChI=1S/C17H19NO2/c1-2-7-15(8-3-1)19-10-11-20-16-12-14-6-4-5-9-17(14)18-13-16/h1-9,16,18H,10-13H2. The Hall–Kier alpha value is -2.00. The molecule has 0 saturated carbocycles. The van der Waals surface area contributed by atoms with Crippen LogP contribution in [0.25, 0.3) is 0 Å². The molecular weight excluding hydrogens is 250 g/mol. The van der Waals surface area contributed by atoms with Gasteiger partial charge in [0.2, 0.25) is 0 Å². The number of rotatable bonds is 5. The molecule has 3 nitrogen and oxygen atoms in total. The molecular formula is C17H19NO2. The second kappa shape index (κ2) is 6.44. The van der Waals surface area contributed by atoms with Gasteiger partial charge in [-0.3, -0.25) is 0 Å². The molecule has 0 amide bonds. The summed E-state index contributed by atoms with van der Waals surface area (Å²) in [4.78, 5) is 0. The smallest absolute Gasteiger partial charge is 0.119 e. The Morgan fingerprint density at radius 1 is 0.950 bits per heavy atom. The summed E-state index contributed by atoms with van der Waals surface area (Å²) in [5, 5.41) is 3.41.